The molecule has 2 aromatic carbocycles. The van der Waals surface area contributed by atoms with E-state index in [1.807, 2.05) is 49.4 Å². The molecule has 1 aliphatic carbocycles. The molecule has 0 heterocycles. The van der Waals surface area contributed by atoms with Crippen molar-refractivity contribution in [1.82, 2.24) is 0 Å². The van der Waals surface area contributed by atoms with E-state index in [1.54, 1.807) is 0 Å². The van der Waals surface area contributed by atoms with E-state index in [9.17, 15) is 4.79 Å². The SMILES string of the molecule is Cc1ccc2c(c1OCc1ccccc1)CC2=O. The van der Waals surface area contributed by atoms with Crippen LogP contribution < -0.4 is 4.74 Å². The lowest BCUT2D eigenvalue weighted by molar-refractivity contribution is 0.0964. The predicted molar refractivity (Wildman–Crippen MR) is 70.0 cm³/mol. The van der Waals surface area contributed by atoms with E-state index in [2.05, 4.69) is 0 Å². The van der Waals surface area contributed by atoms with Crippen molar-refractivity contribution in [2.45, 2.75) is 20.0 Å². The first-order chi connectivity index (χ1) is 8.75. The molecule has 0 radical (unpaired) electrons. The summed E-state index contributed by atoms with van der Waals surface area (Å²) in [5, 5.41) is 0. The van der Waals surface area contributed by atoms with Crippen LogP contribution in [0.15, 0.2) is 42.5 Å². The van der Waals surface area contributed by atoms with Crippen molar-refractivity contribution >= 4 is 5.78 Å². The Hall–Kier alpha value is -2.09. The van der Waals surface area contributed by atoms with E-state index in [-0.39, 0.29) is 5.78 Å². The second-order valence-electron chi connectivity index (χ2n) is 4.61. The standard InChI is InChI=1S/C16H14O2/c1-11-7-8-13-14(9-15(13)17)16(11)18-10-12-5-3-2-4-6-12/h2-8H,9-10H2,1H3. The van der Waals surface area contributed by atoms with Crippen molar-refractivity contribution in [1.29, 1.82) is 0 Å². The average molecular weight is 238 g/mol. The third kappa shape index (κ3) is 1.80. The summed E-state index contributed by atoms with van der Waals surface area (Å²) in [5.41, 5.74) is 4.12. The van der Waals surface area contributed by atoms with Crippen LogP contribution in [0.4, 0.5) is 0 Å². The number of carbonyl (C=O) groups is 1. The van der Waals surface area contributed by atoms with Gasteiger partial charge in [-0.05, 0) is 18.1 Å². The summed E-state index contributed by atoms with van der Waals surface area (Å²) in [7, 11) is 0. The van der Waals surface area contributed by atoms with Crippen molar-refractivity contribution in [3.8, 4) is 5.75 Å². The van der Waals surface area contributed by atoms with Crippen molar-refractivity contribution in [3.05, 3.63) is 64.7 Å². The van der Waals surface area contributed by atoms with Gasteiger partial charge in [0.2, 0.25) is 0 Å². The maximum absolute atomic E-state index is 11.4. The van der Waals surface area contributed by atoms with Gasteiger partial charge in [0.1, 0.15) is 12.4 Å². The highest BCUT2D eigenvalue weighted by molar-refractivity contribution is 6.07. The lowest BCUT2D eigenvalue weighted by atomic mass is 9.85. The van der Waals surface area contributed by atoms with Crippen LogP contribution in [0.3, 0.4) is 0 Å². The molecule has 0 bridgehead atoms. The van der Waals surface area contributed by atoms with Crippen molar-refractivity contribution in [3.63, 3.8) is 0 Å². The fraction of sp³-hybridized carbons (Fsp3) is 0.188. The number of rotatable bonds is 3. The Bertz CT molecular complexity index is 600. The van der Waals surface area contributed by atoms with Gasteiger partial charge in [0.05, 0.1) is 0 Å². The molecular formula is C16H14O2. The van der Waals surface area contributed by atoms with Gasteiger partial charge in [-0.2, -0.15) is 0 Å². The maximum atomic E-state index is 11.4. The Morgan fingerprint density at radius 1 is 1.11 bits per heavy atom. The number of hydrogen-bond donors (Lipinski definition) is 0. The molecule has 1 aliphatic rings. The molecular weight excluding hydrogens is 224 g/mol. The Morgan fingerprint density at radius 2 is 1.89 bits per heavy atom. The van der Waals surface area contributed by atoms with E-state index in [1.165, 1.54) is 0 Å². The molecule has 2 aromatic rings. The minimum atomic E-state index is 0.217. The molecule has 0 atom stereocenters. The van der Waals surface area contributed by atoms with Crippen molar-refractivity contribution in [2.75, 3.05) is 0 Å². The molecule has 18 heavy (non-hydrogen) atoms. The van der Waals surface area contributed by atoms with E-state index in [4.69, 9.17) is 4.74 Å². The van der Waals surface area contributed by atoms with Gasteiger partial charge >= 0.3 is 0 Å². The Labute approximate surface area is 106 Å². The fourth-order valence-corrected chi connectivity index (χ4v) is 2.26. The minimum absolute atomic E-state index is 0.217. The maximum Gasteiger partial charge on any atom is 0.167 e. The first-order valence-corrected chi connectivity index (χ1v) is 6.08. The van der Waals surface area contributed by atoms with Crippen LogP contribution in [0.25, 0.3) is 0 Å². The number of benzene rings is 2. The molecule has 3 rings (SSSR count). The molecule has 2 heteroatoms. The molecule has 0 saturated carbocycles. The van der Waals surface area contributed by atoms with Gasteiger partial charge in [0.25, 0.3) is 0 Å². The van der Waals surface area contributed by atoms with Gasteiger partial charge in [0.15, 0.2) is 5.78 Å². The summed E-state index contributed by atoms with van der Waals surface area (Å²) in [4.78, 5) is 11.4. The number of hydrogen-bond acceptors (Lipinski definition) is 2. The van der Waals surface area contributed by atoms with E-state index in [0.29, 0.717) is 13.0 Å². The molecule has 0 unspecified atom stereocenters. The number of aryl methyl sites for hydroxylation is 1. The van der Waals surface area contributed by atoms with E-state index >= 15 is 0 Å². The summed E-state index contributed by atoms with van der Waals surface area (Å²) >= 11 is 0. The molecule has 90 valence electrons. The number of ether oxygens (including phenoxy) is 1. The van der Waals surface area contributed by atoms with Crippen LogP contribution in [-0.4, -0.2) is 5.78 Å². The second-order valence-corrected chi connectivity index (χ2v) is 4.61. The smallest absolute Gasteiger partial charge is 0.167 e. The van der Waals surface area contributed by atoms with Crippen LogP contribution in [0, 0.1) is 6.92 Å². The largest absolute Gasteiger partial charge is 0.488 e. The summed E-state index contributed by atoms with van der Waals surface area (Å²) in [5.74, 6) is 1.10. The topological polar surface area (TPSA) is 26.3 Å². The van der Waals surface area contributed by atoms with Crippen LogP contribution in [0.5, 0.6) is 5.75 Å². The summed E-state index contributed by atoms with van der Waals surface area (Å²) in [6.45, 7) is 2.57. The molecule has 0 aromatic heterocycles. The van der Waals surface area contributed by atoms with Crippen molar-refractivity contribution < 1.29 is 9.53 Å². The van der Waals surface area contributed by atoms with Gasteiger partial charge < -0.3 is 4.74 Å². The number of Topliss-reactive ketones (excluding diaryl/α,β-unsaturated/α-hetero) is 1. The zero-order valence-corrected chi connectivity index (χ0v) is 10.3. The minimum Gasteiger partial charge on any atom is -0.488 e. The van der Waals surface area contributed by atoms with Crippen LogP contribution >= 0.6 is 0 Å². The Balaban J connectivity index is 1.83. The lowest BCUT2D eigenvalue weighted by Gasteiger charge is -2.22. The van der Waals surface area contributed by atoms with E-state index in [0.717, 1.165) is 28.0 Å². The molecule has 0 fully saturated rings. The van der Waals surface area contributed by atoms with Gasteiger partial charge in [-0.25, -0.2) is 0 Å². The fourth-order valence-electron chi connectivity index (χ4n) is 2.26. The van der Waals surface area contributed by atoms with Gasteiger partial charge in [-0.1, -0.05) is 42.5 Å². The van der Waals surface area contributed by atoms with Crippen molar-refractivity contribution in [2.24, 2.45) is 0 Å². The highest BCUT2D eigenvalue weighted by Gasteiger charge is 2.27. The molecule has 0 saturated heterocycles. The molecule has 0 N–H and O–H groups in total. The molecule has 2 nitrogen and oxygen atoms in total. The average Bonchev–Trinajstić information content (AvgIpc) is 2.38. The zero-order chi connectivity index (χ0) is 12.5. The Kier molecular flexibility index (Phi) is 2.63. The molecule has 0 amide bonds. The summed E-state index contributed by atoms with van der Waals surface area (Å²) in [6.07, 6.45) is 0.515. The summed E-state index contributed by atoms with van der Waals surface area (Å²) < 4.78 is 5.88. The first kappa shape index (κ1) is 11.0. The number of fused-ring (bicyclic) bond motifs is 1. The zero-order valence-electron chi connectivity index (χ0n) is 10.3. The quantitative estimate of drug-likeness (QED) is 0.820. The van der Waals surface area contributed by atoms with Gasteiger partial charge in [-0.3, -0.25) is 4.79 Å². The lowest BCUT2D eigenvalue weighted by Crippen LogP contribution is -2.20. The van der Waals surface area contributed by atoms with Crippen LogP contribution in [0.2, 0.25) is 0 Å². The number of carbonyl (C=O) groups excluding carboxylic acids is 1. The summed E-state index contributed by atoms with van der Waals surface area (Å²) in [6, 6.07) is 13.9. The Morgan fingerprint density at radius 3 is 2.61 bits per heavy atom. The van der Waals surface area contributed by atoms with Gasteiger partial charge in [0, 0.05) is 17.5 Å². The molecule has 0 spiro atoms. The third-order valence-corrected chi connectivity index (χ3v) is 3.32. The highest BCUT2D eigenvalue weighted by Crippen LogP contribution is 2.35. The second kappa shape index (κ2) is 4.30. The predicted octanol–water partition coefficient (Wildman–Crippen LogP) is 3.31. The normalized spacial score (nSPS) is 12.8. The van der Waals surface area contributed by atoms with E-state index < -0.39 is 0 Å². The number of ketones is 1. The van der Waals surface area contributed by atoms with Crippen LogP contribution in [0.1, 0.15) is 27.0 Å². The first-order valence-electron chi connectivity index (χ1n) is 6.08. The van der Waals surface area contributed by atoms with Crippen LogP contribution in [-0.2, 0) is 13.0 Å². The highest BCUT2D eigenvalue weighted by atomic mass is 16.5. The third-order valence-electron chi connectivity index (χ3n) is 3.32. The monoisotopic (exact) mass is 238 g/mol. The van der Waals surface area contributed by atoms with Gasteiger partial charge in [-0.15, -0.1) is 0 Å². The molecule has 0 aliphatic heterocycles.